The molecule has 5 rings (SSSR count). The van der Waals surface area contributed by atoms with Gasteiger partial charge in [-0.15, -0.1) is 11.3 Å². The van der Waals surface area contributed by atoms with Gasteiger partial charge in [-0.05, 0) is 62.5 Å². The number of nitrogens with one attached hydrogen (secondary N) is 1. The summed E-state index contributed by atoms with van der Waals surface area (Å²) in [7, 11) is 0. The first-order valence-corrected chi connectivity index (χ1v) is 12.1. The average Bonchev–Trinajstić information content (AvgIpc) is 3.13. The third-order valence-electron chi connectivity index (χ3n) is 6.61. The van der Waals surface area contributed by atoms with Crippen LogP contribution in [0.3, 0.4) is 0 Å². The second-order valence-corrected chi connectivity index (χ2v) is 10.3. The summed E-state index contributed by atoms with van der Waals surface area (Å²) in [5, 5.41) is 2.94. The second-order valence-electron chi connectivity index (χ2n) is 9.28. The van der Waals surface area contributed by atoms with E-state index in [1.807, 2.05) is 4.90 Å². The molecule has 2 saturated carbocycles. The highest BCUT2D eigenvalue weighted by Gasteiger charge is 2.47. The van der Waals surface area contributed by atoms with E-state index in [1.54, 1.807) is 13.0 Å². The lowest BCUT2D eigenvalue weighted by Crippen LogP contribution is -2.20. The molecule has 178 valence electrons. The molecule has 2 unspecified atom stereocenters. The third-order valence-corrected chi connectivity index (χ3v) is 7.73. The maximum atomic E-state index is 14.8. The van der Waals surface area contributed by atoms with Crippen LogP contribution in [0.2, 0.25) is 0 Å². The minimum Gasteiger partial charge on any atom is -0.487 e. The van der Waals surface area contributed by atoms with Gasteiger partial charge < -0.3 is 15.0 Å². The lowest BCUT2D eigenvalue weighted by atomic mass is 10.1. The molecule has 3 atom stereocenters. The SMILES string of the molecule is Cc1cc(NC(=O)c2nc(N3CCCC3)sc2CC(F)(F)F)cc(F)c1OC1CC2C[C@@H]2C1. The maximum Gasteiger partial charge on any atom is 0.393 e. The van der Waals surface area contributed by atoms with Crippen molar-refractivity contribution < 1.29 is 27.1 Å². The van der Waals surface area contributed by atoms with Gasteiger partial charge >= 0.3 is 6.18 Å². The number of halogens is 4. The number of aromatic nitrogens is 1. The fraction of sp³-hybridized carbons (Fsp3) is 0.565. The molecule has 1 saturated heterocycles. The average molecular weight is 484 g/mol. The zero-order valence-corrected chi connectivity index (χ0v) is 19.0. The predicted molar refractivity (Wildman–Crippen MR) is 118 cm³/mol. The van der Waals surface area contributed by atoms with E-state index < -0.39 is 24.3 Å². The summed E-state index contributed by atoms with van der Waals surface area (Å²) in [6.45, 7) is 3.09. The molecule has 3 fully saturated rings. The van der Waals surface area contributed by atoms with E-state index in [4.69, 9.17) is 4.74 Å². The first-order valence-electron chi connectivity index (χ1n) is 11.3. The fourth-order valence-corrected chi connectivity index (χ4v) is 6.07. The van der Waals surface area contributed by atoms with E-state index in [0.717, 1.165) is 43.1 Å². The molecule has 1 N–H and O–H groups in total. The van der Waals surface area contributed by atoms with Crippen LogP contribution in [-0.2, 0) is 6.42 Å². The number of carbonyl (C=O) groups excluding carboxylic acids is 1. The number of hydrogen-bond acceptors (Lipinski definition) is 5. The topological polar surface area (TPSA) is 54.5 Å². The summed E-state index contributed by atoms with van der Waals surface area (Å²) in [6, 6.07) is 2.72. The molecule has 0 radical (unpaired) electrons. The number of carbonyl (C=O) groups is 1. The summed E-state index contributed by atoms with van der Waals surface area (Å²) in [4.78, 5) is 18.9. The van der Waals surface area contributed by atoms with Gasteiger partial charge in [0.25, 0.3) is 5.91 Å². The van der Waals surface area contributed by atoms with E-state index in [0.29, 0.717) is 35.6 Å². The van der Waals surface area contributed by atoms with Gasteiger partial charge in [-0.1, -0.05) is 0 Å². The number of rotatable bonds is 6. The summed E-state index contributed by atoms with van der Waals surface area (Å²) < 4.78 is 60.0. The van der Waals surface area contributed by atoms with Gasteiger partial charge in [0.15, 0.2) is 16.7 Å². The van der Waals surface area contributed by atoms with Gasteiger partial charge in [-0.25, -0.2) is 9.37 Å². The summed E-state index contributed by atoms with van der Waals surface area (Å²) in [5.41, 5.74) is 0.422. The summed E-state index contributed by atoms with van der Waals surface area (Å²) in [6.07, 6.45) is -0.710. The van der Waals surface area contributed by atoms with E-state index in [1.165, 1.54) is 6.42 Å². The van der Waals surface area contributed by atoms with Crippen LogP contribution in [0, 0.1) is 24.6 Å². The lowest BCUT2D eigenvalue weighted by molar-refractivity contribution is -0.126. The standard InChI is InChI=1S/C23H25F4N3O2S/c1-12-6-15(10-17(24)20(12)32-16-8-13-7-14(13)9-16)28-21(31)19-18(11-23(25,26)27)33-22(29-19)30-4-2-3-5-30/h6,10,13-14,16H,2-5,7-9,11H2,1H3,(H,28,31)/t13-,14?,16?/m1/s1. The third kappa shape index (κ3) is 4.95. The zero-order chi connectivity index (χ0) is 23.3. The number of fused-ring (bicyclic) bond motifs is 1. The number of alkyl halides is 3. The maximum absolute atomic E-state index is 14.8. The van der Waals surface area contributed by atoms with Crippen molar-refractivity contribution in [1.82, 2.24) is 4.98 Å². The Morgan fingerprint density at radius 2 is 1.91 bits per heavy atom. The van der Waals surface area contributed by atoms with Crippen LogP contribution in [0.25, 0.3) is 0 Å². The first kappa shape index (κ1) is 22.4. The number of aryl methyl sites for hydroxylation is 1. The number of benzene rings is 1. The Labute approximate surface area is 193 Å². The molecule has 2 aliphatic carbocycles. The molecular formula is C23H25F4N3O2S. The van der Waals surface area contributed by atoms with Gasteiger partial charge in [-0.2, -0.15) is 13.2 Å². The Morgan fingerprint density at radius 1 is 1.21 bits per heavy atom. The van der Waals surface area contributed by atoms with Crippen molar-refractivity contribution in [3.63, 3.8) is 0 Å². The van der Waals surface area contributed by atoms with Gasteiger partial charge in [0, 0.05) is 29.7 Å². The van der Waals surface area contributed by atoms with Crippen LogP contribution in [0.1, 0.15) is 53.0 Å². The fourth-order valence-electron chi connectivity index (χ4n) is 4.93. The molecule has 1 amide bonds. The van der Waals surface area contributed by atoms with Crippen molar-refractivity contribution in [2.45, 2.75) is 57.7 Å². The molecule has 10 heteroatoms. The van der Waals surface area contributed by atoms with E-state index >= 15 is 0 Å². The quantitative estimate of drug-likeness (QED) is 0.534. The molecule has 0 spiro atoms. The van der Waals surface area contributed by atoms with Crippen LogP contribution in [0.15, 0.2) is 12.1 Å². The summed E-state index contributed by atoms with van der Waals surface area (Å²) >= 11 is 0.893. The highest BCUT2D eigenvalue weighted by molar-refractivity contribution is 7.16. The van der Waals surface area contributed by atoms with Crippen molar-refractivity contribution in [2.24, 2.45) is 11.8 Å². The normalized spacial score (nSPS) is 24.2. The van der Waals surface area contributed by atoms with Crippen molar-refractivity contribution in [3.8, 4) is 5.75 Å². The zero-order valence-electron chi connectivity index (χ0n) is 18.2. The number of hydrogen-bond donors (Lipinski definition) is 1. The number of ether oxygens (including phenoxy) is 1. The minimum absolute atomic E-state index is 0.00586. The molecular weight excluding hydrogens is 458 g/mol. The lowest BCUT2D eigenvalue weighted by Gasteiger charge is -2.18. The van der Waals surface area contributed by atoms with Crippen LogP contribution < -0.4 is 15.0 Å². The Kier molecular flexibility index (Phi) is 5.74. The number of nitrogens with zero attached hydrogens (tertiary/aromatic N) is 2. The van der Waals surface area contributed by atoms with Gasteiger partial charge in [0.1, 0.15) is 5.69 Å². The van der Waals surface area contributed by atoms with Gasteiger partial charge in [0.2, 0.25) is 0 Å². The van der Waals surface area contributed by atoms with E-state index in [9.17, 15) is 22.4 Å². The van der Waals surface area contributed by atoms with E-state index in [2.05, 4.69) is 10.3 Å². The number of thiazole rings is 1. The van der Waals surface area contributed by atoms with Crippen molar-refractivity contribution >= 4 is 28.1 Å². The Hall–Kier alpha value is -2.36. The summed E-state index contributed by atoms with van der Waals surface area (Å²) in [5.74, 6) is 0.191. The second kappa shape index (κ2) is 8.45. The Morgan fingerprint density at radius 3 is 2.55 bits per heavy atom. The van der Waals surface area contributed by atoms with Crippen molar-refractivity contribution in [3.05, 3.63) is 34.1 Å². The Balaban J connectivity index is 1.34. The molecule has 33 heavy (non-hydrogen) atoms. The first-order chi connectivity index (χ1) is 15.7. The smallest absolute Gasteiger partial charge is 0.393 e. The van der Waals surface area contributed by atoms with Crippen LogP contribution in [0.4, 0.5) is 28.4 Å². The number of anilines is 2. The van der Waals surface area contributed by atoms with Crippen LogP contribution in [0.5, 0.6) is 5.75 Å². The molecule has 1 aliphatic heterocycles. The highest BCUT2D eigenvalue weighted by atomic mass is 32.1. The Bertz CT molecular complexity index is 1030. The monoisotopic (exact) mass is 483 g/mol. The number of amides is 1. The van der Waals surface area contributed by atoms with E-state index in [-0.39, 0.29) is 28.1 Å². The minimum atomic E-state index is -4.47. The molecule has 2 aromatic rings. The molecule has 1 aromatic heterocycles. The van der Waals surface area contributed by atoms with Crippen LogP contribution in [-0.4, -0.2) is 36.3 Å². The molecule has 0 bridgehead atoms. The molecule has 5 nitrogen and oxygen atoms in total. The highest BCUT2D eigenvalue weighted by Crippen LogP contribution is 2.52. The molecule has 1 aromatic carbocycles. The van der Waals surface area contributed by atoms with Gasteiger partial charge in [0.05, 0.1) is 12.5 Å². The van der Waals surface area contributed by atoms with Crippen LogP contribution >= 0.6 is 11.3 Å². The van der Waals surface area contributed by atoms with Crippen molar-refractivity contribution in [1.29, 1.82) is 0 Å². The molecule has 3 aliphatic rings. The molecule has 2 heterocycles. The van der Waals surface area contributed by atoms with Gasteiger partial charge in [-0.3, -0.25) is 4.79 Å². The van der Waals surface area contributed by atoms with Crippen molar-refractivity contribution in [2.75, 3.05) is 23.3 Å². The largest absolute Gasteiger partial charge is 0.487 e. The predicted octanol–water partition coefficient (Wildman–Crippen LogP) is 5.73.